The highest BCUT2D eigenvalue weighted by Gasteiger charge is 2.07. The van der Waals surface area contributed by atoms with Crippen molar-refractivity contribution < 1.29 is 0 Å². The normalized spacial score (nSPS) is 17.7. The number of allylic oxidation sites excluding steroid dienone is 2. The van der Waals surface area contributed by atoms with Crippen LogP contribution in [-0.4, -0.2) is 19.0 Å². The van der Waals surface area contributed by atoms with E-state index < -0.39 is 0 Å². The first-order chi connectivity index (χ1) is 6.75. The summed E-state index contributed by atoms with van der Waals surface area (Å²) in [6, 6.07) is 0. The third kappa shape index (κ3) is 2.98. The van der Waals surface area contributed by atoms with Crippen LogP contribution in [0.15, 0.2) is 21.4 Å². The van der Waals surface area contributed by atoms with Gasteiger partial charge in [0.1, 0.15) is 0 Å². The van der Waals surface area contributed by atoms with Crippen LogP contribution < -0.4 is 5.43 Å². The number of aliphatic imine (C=N–C) groups is 1. The van der Waals surface area contributed by atoms with Gasteiger partial charge in [0.2, 0.25) is 0 Å². The van der Waals surface area contributed by atoms with Gasteiger partial charge in [0, 0.05) is 24.9 Å². The topological polar surface area (TPSA) is 36.8 Å². The molecule has 0 amide bonds. The van der Waals surface area contributed by atoms with Crippen molar-refractivity contribution in [3.63, 3.8) is 0 Å². The van der Waals surface area contributed by atoms with E-state index in [4.69, 9.17) is 0 Å². The number of nitrogens with zero attached hydrogens (tertiary/aromatic N) is 2. The van der Waals surface area contributed by atoms with Crippen molar-refractivity contribution >= 4 is 12.4 Å². The molecule has 1 aliphatic rings. The largest absolute Gasteiger partial charge is 0.310 e. The predicted molar refractivity (Wildman–Crippen MR) is 61.8 cm³/mol. The molecule has 14 heavy (non-hydrogen) atoms. The average Bonchev–Trinajstić information content (AvgIpc) is 2.27. The molecule has 0 aromatic rings. The van der Waals surface area contributed by atoms with Crippen LogP contribution >= 0.6 is 0 Å². The van der Waals surface area contributed by atoms with Gasteiger partial charge in [-0.15, -0.1) is 0 Å². The third-order valence-electron chi connectivity index (χ3n) is 2.18. The smallest absolute Gasteiger partial charge is 0.0518 e. The molecule has 0 bridgehead atoms. The van der Waals surface area contributed by atoms with Crippen LogP contribution in [0.2, 0.25) is 0 Å². The van der Waals surface area contributed by atoms with Gasteiger partial charge in [0.25, 0.3) is 0 Å². The predicted octanol–water partition coefficient (Wildman–Crippen LogP) is 2.36. The third-order valence-corrected chi connectivity index (χ3v) is 2.18. The van der Waals surface area contributed by atoms with Crippen molar-refractivity contribution in [3.05, 3.63) is 11.3 Å². The summed E-state index contributed by atoms with van der Waals surface area (Å²) >= 11 is 0. The van der Waals surface area contributed by atoms with Gasteiger partial charge in [-0.1, -0.05) is 20.8 Å². The SMILES string of the molecule is CCC1=C(C(C)C)N=CCCNN=C1. The van der Waals surface area contributed by atoms with Crippen molar-refractivity contribution in [2.45, 2.75) is 33.6 Å². The fourth-order valence-electron chi connectivity index (χ4n) is 1.42. The molecule has 0 saturated carbocycles. The highest BCUT2D eigenvalue weighted by Crippen LogP contribution is 2.17. The molecule has 0 aromatic heterocycles. The summed E-state index contributed by atoms with van der Waals surface area (Å²) in [5.41, 5.74) is 5.39. The molecule has 0 unspecified atom stereocenters. The van der Waals surface area contributed by atoms with Gasteiger partial charge in [0.15, 0.2) is 0 Å². The number of hydrazone groups is 1. The molecule has 3 heteroatoms. The minimum atomic E-state index is 0.464. The molecule has 1 aliphatic heterocycles. The Kier molecular flexibility index (Phi) is 4.36. The molecule has 1 rings (SSSR count). The molecule has 0 aliphatic carbocycles. The van der Waals surface area contributed by atoms with Gasteiger partial charge < -0.3 is 5.43 Å². The Hall–Kier alpha value is -1.12. The fourth-order valence-corrected chi connectivity index (χ4v) is 1.42. The van der Waals surface area contributed by atoms with Gasteiger partial charge in [-0.25, -0.2) is 0 Å². The standard InChI is InChI=1S/C11H19N3/c1-4-10-8-14-13-7-5-6-12-11(10)9(2)3/h6,8-9,13H,4-5,7H2,1-3H3. The summed E-state index contributed by atoms with van der Waals surface area (Å²) < 4.78 is 0. The fraction of sp³-hybridized carbons (Fsp3) is 0.636. The minimum absolute atomic E-state index is 0.464. The summed E-state index contributed by atoms with van der Waals surface area (Å²) in [5, 5.41) is 4.16. The van der Waals surface area contributed by atoms with E-state index in [1.54, 1.807) is 0 Å². The lowest BCUT2D eigenvalue weighted by atomic mass is 10.0. The van der Waals surface area contributed by atoms with Crippen LogP contribution in [0, 0.1) is 5.92 Å². The Morgan fingerprint density at radius 1 is 1.50 bits per heavy atom. The van der Waals surface area contributed by atoms with Gasteiger partial charge in [-0.2, -0.15) is 5.10 Å². The number of nitrogens with one attached hydrogen (secondary N) is 1. The van der Waals surface area contributed by atoms with E-state index in [-0.39, 0.29) is 0 Å². The zero-order chi connectivity index (χ0) is 10.4. The minimum Gasteiger partial charge on any atom is -0.310 e. The maximum atomic E-state index is 4.52. The molecule has 0 spiro atoms. The first-order valence-corrected chi connectivity index (χ1v) is 5.27. The van der Waals surface area contributed by atoms with E-state index >= 15 is 0 Å². The zero-order valence-electron chi connectivity index (χ0n) is 9.25. The lowest BCUT2D eigenvalue weighted by Gasteiger charge is -2.09. The number of hydrogen-bond acceptors (Lipinski definition) is 3. The van der Waals surface area contributed by atoms with E-state index in [0.29, 0.717) is 5.92 Å². The zero-order valence-corrected chi connectivity index (χ0v) is 9.25. The van der Waals surface area contributed by atoms with Crippen LogP contribution in [0.1, 0.15) is 33.6 Å². The molecule has 0 radical (unpaired) electrons. The summed E-state index contributed by atoms with van der Waals surface area (Å²) in [6.45, 7) is 7.34. The van der Waals surface area contributed by atoms with E-state index in [1.807, 2.05) is 12.4 Å². The molecule has 0 fully saturated rings. The van der Waals surface area contributed by atoms with Gasteiger partial charge in [0.05, 0.1) is 6.21 Å². The lowest BCUT2D eigenvalue weighted by Crippen LogP contribution is -2.07. The maximum Gasteiger partial charge on any atom is 0.0518 e. The van der Waals surface area contributed by atoms with Crippen molar-refractivity contribution in [1.29, 1.82) is 0 Å². The van der Waals surface area contributed by atoms with Crippen LogP contribution in [0.3, 0.4) is 0 Å². The Morgan fingerprint density at radius 2 is 2.29 bits per heavy atom. The second-order valence-electron chi connectivity index (χ2n) is 3.69. The van der Waals surface area contributed by atoms with E-state index in [0.717, 1.165) is 19.4 Å². The summed E-state index contributed by atoms with van der Waals surface area (Å²) in [5.74, 6) is 0.464. The summed E-state index contributed by atoms with van der Waals surface area (Å²) in [6.07, 6.45) is 5.80. The van der Waals surface area contributed by atoms with E-state index in [9.17, 15) is 0 Å². The molecule has 0 atom stereocenters. The Labute approximate surface area is 86.0 Å². The second kappa shape index (κ2) is 5.58. The number of hydrogen-bond donors (Lipinski definition) is 1. The lowest BCUT2D eigenvalue weighted by molar-refractivity contribution is 0.746. The molecule has 1 heterocycles. The maximum absolute atomic E-state index is 4.52. The highest BCUT2D eigenvalue weighted by atomic mass is 15.3. The Bertz CT molecular complexity index is 262. The molecular weight excluding hydrogens is 174 g/mol. The van der Waals surface area contributed by atoms with Gasteiger partial charge in [-0.3, -0.25) is 4.99 Å². The Morgan fingerprint density at radius 3 is 2.93 bits per heavy atom. The van der Waals surface area contributed by atoms with Gasteiger partial charge >= 0.3 is 0 Å². The van der Waals surface area contributed by atoms with Crippen LogP contribution in [0.4, 0.5) is 0 Å². The second-order valence-corrected chi connectivity index (χ2v) is 3.69. The monoisotopic (exact) mass is 193 g/mol. The van der Waals surface area contributed by atoms with Crippen molar-refractivity contribution in [3.8, 4) is 0 Å². The molecule has 1 N–H and O–H groups in total. The van der Waals surface area contributed by atoms with Crippen LogP contribution in [0.25, 0.3) is 0 Å². The van der Waals surface area contributed by atoms with Gasteiger partial charge in [-0.05, 0) is 17.9 Å². The number of rotatable bonds is 2. The molecule has 0 aromatic carbocycles. The van der Waals surface area contributed by atoms with Crippen molar-refractivity contribution in [2.24, 2.45) is 16.0 Å². The molecule has 0 saturated heterocycles. The van der Waals surface area contributed by atoms with Crippen molar-refractivity contribution in [2.75, 3.05) is 6.54 Å². The highest BCUT2D eigenvalue weighted by molar-refractivity contribution is 5.80. The quantitative estimate of drug-likeness (QED) is 0.718. The van der Waals surface area contributed by atoms with E-state index in [2.05, 4.69) is 36.3 Å². The summed E-state index contributed by atoms with van der Waals surface area (Å²) in [4.78, 5) is 4.52. The molecule has 78 valence electrons. The van der Waals surface area contributed by atoms with Crippen LogP contribution in [-0.2, 0) is 0 Å². The van der Waals surface area contributed by atoms with Crippen molar-refractivity contribution in [1.82, 2.24) is 5.43 Å². The Balaban J connectivity index is 2.99. The average molecular weight is 193 g/mol. The van der Waals surface area contributed by atoms with E-state index in [1.165, 1.54) is 11.3 Å². The van der Waals surface area contributed by atoms with Crippen LogP contribution in [0.5, 0.6) is 0 Å². The molecule has 3 nitrogen and oxygen atoms in total. The first-order valence-electron chi connectivity index (χ1n) is 5.27. The molecular formula is C11H19N3. The first kappa shape index (κ1) is 11.0. The summed E-state index contributed by atoms with van der Waals surface area (Å²) in [7, 11) is 0.